The topological polar surface area (TPSA) is 97.7 Å². The molecule has 20 heavy (non-hydrogen) atoms. The van der Waals surface area contributed by atoms with E-state index < -0.39 is 30.0 Å². The number of quaternary nitrogens is 1. The average molecular weight is 324 g/mol. The highest BCUT2D eigenvalue weighted by Gasteiger charge is 2.26. The molecule has 0 aliphatic heterocycles. The molecule has 0 spiro atoms. The number of benzene rings is 1. The molecule has 0 radical (unpaired) electrons. The zero-order chi connectivity index (χ0) is 15.6. The highest BCUT2D eigenvalue weighted by atomic mass is 32.2. The Bertz CT molecular complexity index is 673. The molecule has 0 atom stereocenters. The van der Waals surface area contributed by atoms with E-state index in [2.05, 4.69) is 0 Å². The van der Waals surface area contributed by atoms with Crippen molar-refractivity contribution in [3.63, 3.8) is 0 Å². The third kappa shape index (κ3) is 4.84. The minimum absolute atomic E-state index is 0.0916. The zero-order valence-corrected chi connectivity index (χ0v) is 13.1. The van der Waals surface area contributed by atoms with E-state index in [4.69, 9.17) is 8.74 Å². The number of rotatable bonds is 6. The Labute approximate surface area is 119 Å². The predicted molar refractivity (Wildman–Crippen MR) is 72.3 cm³/mol. The normalized spacial score (nSPS) is 13.4. The minimum Gasteiger partial charge on any atom is -0.329 e. The summed E-state index contributed by atoms with van der Waals surface area (Å²) in [6, 6.07) is 4.74. The largest absolute Gasteiger partial charge is 0.329 e. The number of nitrogens with zero attached hydrogens (tertiary/aromatic N) is 1. The first-order valence-corrected chi connectivity index (χ1v) is 8.55. The van der Waals surface area contributed by atoms with Gasteiger partial charge in [0, 0.05) is 0 Å². The van der Waals surface area contributed by atoms with Gasteiger partial charge in [0.25, 0.3) is 20.2 Å². The summed E-state index contributed by atoms with van der Waals surface area (Å²) in [5, 5.41) is 0. The Morgan fingerprint density at radius 2 is 1.55 bits per heavy atom. The molecule has 1 rings (SSSR count). The Morgan fingerprint density at radius 3 is 2.00 bits per heavy atom. The van der Waals surface area contributed by atoms with Gasteiger partial charge in [-0.15, -0.1) is 0 Å². The number of likely N-dealkylation sites (N-methyl/N-ethyl adjacent to an activating group) is 1. The van der Waals surface area contributed by atoms with E-state index in [9.17, 15) is 16.8 Å². The summed E-state index contributed by atoms with van der Waals surface area (Å²) in [7, 11) is -3.29. The van der Waals surface area contributed by atoms with Gasteiger partial charge >= 0.3 is 0 Å². The zero-order valence-electron chi connectivity index (χ0n) is 11.5. The monoisotopic (exact) mass is 324 g/mol. The van der Waals surface area contributed by atoms with E-state index in [1.807, 2.05) is 21.1 Å². The third-order valence-electron chi connectivity index (χ3n) is 2.40. The lowest BCUT2D eigenvalue weighted by Gasteiger charge is -2.23. The number of hydrogen-bond acceptors (Lipinski definition) is 5. The fourth-order valence-electron chi connectivity index (χ4n) is 1.35. The van der Waals surface area contributed by atoms with E-state index in [1.165, 1.54) is 12.1 Å². The second-order valence-electron chi connectivity index (χ2n) is 5.21. The van der Waals surface area contributed by atoms with Crippen molar-refractivity contribution in [2.24, 2.45) is 0 Å². The quantitative estimate of drug-likeness (QED) is 0.460. The van der Waals surface area contributed by atoms with Crippen LogP contribution in [0, 0.1) is 0 Å². The fraction of sp³-hybridized carbons (Fsp3) is 0.455. The van der Waals surface area contributed by atoms with Crippen molar-refractivity contribution in [2.45, 2.75) is 9.79 Å². The van der Waals surface area contributed by atoms with Crippen LogP contribution < -0.4 is 0 Å². The van der Waals surface area contributed by atoms with Gasteiger partial charge in [-0.05, 0) is 12.1 Å². The molecule has 0 fully saturated rings. The van der Waals surface area contributed by atoms with E-state index in [0.29, 0.717) is 11.0 Å². The molecule has 0 unspecified atom stereocenters. The van der Waals surface area contributed by atoms with Crippen molar-refractivity contribution < 1.29 is 30.1 Å². The molecule has 0 heterocycles. The maximum absolute atomic E-state index is 12.0. The molecule has 0 aliphatic carbocycles. The van der Waals surface area contributed by atoms with Crippen LogP contribution in [0.4, 0.5) is 0 Å². The van der Waals surface area contributed by atoms with Crippen LogP contribution in [0.25, 0.3) is 0 Å². The molecule has 0 saturated carbocycles. The molecule has 1 N–H and O–H groups in total. The molecule has 0 bridgehead atoms. The van der Waals surface area contributed by atoms with E-state index in [-0.39, 0.29) is 6.61 Å². The Morgan fingerprint density at radius 1 is 1.05 bits per heavy atom. The lowest BCUT2D eigenvalue weighted by Crippen LogP contribution is -2.38. The molecule has 1 aromatic carbocycles. The minimum atomic E-state index is -4.63. The first-order chi connectivity index (χ1) is 8.93. The summed E-state index contributed by atoms with van der Waals surface area (Å²) < 4.78 is 60.6. The van der Waals surface area contributed by atoms with Crippen LogP contribution in [0.15, 0.2) is 34.1 Å². The first-order valence-electron chi connectivity index (χ1n) is 5.70. The van der Waals surface area contributed by atoms with Crippen molar-refractivity contribution in [1.29, 1.82) is 0 Å². The first kappa shape index (κ1) is 17.1. The standard InChI is InChI=1S/C11H17NO6S2/c1-12(2,3)8-9-18-20(16,17)11-7-5-4-6-10(11)19(13,14)15/h4-7H,8-9H2,1-3H3/p+1. The van der Waals surface area contributed by atoms with Gasteiger partial charge in [-0.2, -0.15) is 16.8 Å². The van der Waals surface area contributed by atoms with Crippen molar-refractivity contribution in [2.75, 3.05) is 34.3 Å². The molecular weight excluding hydrogens is 306 g/mol. The summed E-state index contributed by atoms with van der Waals surface area (Å²) in [4.78, 5) is -1.26. The Kier molecular flexibility index (Phi) is 4.93. The van der Waals surface area contributed by atoms with E-state index >= 15 is 0 Å². The van der Waals surface area contributed by atoms with Gasteiger partial charge in [0.15, 0.2) is 0 Å². The molecule has 114 valence electrons. The third-order valence-corrected chi connectivity index (χ3v) is 4.81. The van der Waals surface area contributed by atoms with Crippen LogP contribution in [-0.4, -0.2) is 60.2 Å². The van der Waals surface area contributed by atoms with Crippen LogP contribution in [0.2, 0.25) is 0 Å². The van der Waals surface area contributed by atoms with Gasteiger partial charge in [-0.1, -0.05) is 12.1 Å². The van der Waals surface area contributed by atoms with Gasteiger partial charge in [0.2, 0.25) is 0 Å². The highest BCUT2D eigenvalue weighted by Crippen LogP contribution is 2.22. The van der Waals surface area contributed by atoms with Crippen molar-refractivity contribution in [1.82, 2.24) is 0 Å². The average Bonchev–Trinajstić information content (AvgIpc) is 2.25. The Balaban J connectivity index is 3.06. The van der Waals surface area contributed by atoms with Crippen molar-refractivity contribution >= 4 is 20.2 Å². The smallest absolute Gasteiger partial charge is 0.298 e. The van der Waals surface area contributed by atoms with Gasteiger partial charge < -0.3 is 4.48 Å². The lowest BCUT2D eigenvalue weighted by atomic mass is 10.4. The van der Waals surface area contributed by atoms with E-state index in [0.717, 1.165) is 12.1 Å². The molecule has 0 aromatic heterocycles. The molecule has 0 saturated heterocycles. The Hall–Kier alpha value is -1.00. The van der Waals surface area contributed by atoms with Gasteiger partial charge in [0.1, 0.15) is 22.9 Å². The second-order valence-corrected chi connectivity index (χ2v) is 8.19. The van der Waals surface area contributed by atoms with Crippen molar-refractivity contribution in [3.05, 3.63) is 24.3 Å². The van der Waals surface area contributed by atoms with Crippen molar-refractivity contribution in [3.8, 4) is 0 Å². The van der Waals surface area contributed by atoms with Crippen LogP contribution in [0.5, 0.6) is 0 Å². The SMILES string of the molecule is C[N+](C)(C)CCOS(=O)(=O)c1ccccc1S(=O)(=O)O. The van der Waals surface area contributed by atoms with Crippen LogP contribution in [-0.2, 0) is 24.4 Å². The van der Waals surface area contributed by atoms with Crippen LogP contribution >= 0.6 is 0 Å². The molecule has 9 heteroatoms. The molecular formula is C11H18NO6S2+. The predicted octanol–water partition coefficient (Wildman–Crippen LogP) is 0.345. The summed E-state index contributed by atoms with van der Waals surface area (Å²) in [5.74, 6) is 0. The van der Waals surface area contributed by atoms with Gasteiger partial charge in [0.05, 0.1) is 21.1 Å². The molecule has 7 nitrogen and oxygen atoms in total. The number of hydrogen-bond donors (Lipinski definition) is 1. The van der Waals surface area contributed by atoms with Gasteiger partial charge in [-0.3, -0.25) is 8.74 Å². The van der Waals surface area contributed by atoms with Crippen LogP contribution in [0.3, 0.4) is 0 Å². The molecule has 0 amide bonds. The fourth-order valence-corrected chi connectivity index (χ4v) is 3.53. The molecule has 0 aliphatic rings. The highest BCUT2D eigenvalue weighted by molar-refractivity contribution is 7.89. The van der Waals surface area contributed by atoms with E-state index in [1.54, 1.807) is 0 Å². The van der Waals surface area contributed by atoms with Gasteiger partial charge in [-0.25, -0.2) is 0 Å². The van der Waals surface area contributed by atoms with Crippen LogP contribution in [0.1, 0.15) is 0 Å². The summed E-state index contributed by atoms with van der Waals surface area (Å²) >= 11 is 0. The second kappa shape index (κ2) is 5.78. The summed E-state index contributed by atoms with van der Waals surface area (Å²) in [6.45, 7) is 0.332. The maximum atomic E-state index is 12.0. The maximum Gasteiger partial charge on any atom is 0.298 e. The lowest BCUT2D eigenvalue weighted by molar-refractivity contribution is -0.870. The molecule has 1 aromatic rings. The summed E-state index contributed by atoms with van der Waals surface area (Å²) in [6.07, 6.45) is 0. The summed E-state index contributed by atoms with van der Waals surface area (Å²) in [5.41, 5.74) is 0.